The Morgan fingerprint density at radius 1 is 1.26 bits per heavy atom. The SMILES string of the molecule is CCNC(CSC1CCCC1)Cc1ccc(I)cc1. The van der Waals surface area contributed by atoms with Gasteiger partial charge in [-0.1, -0.05) is 31.9 Å². The monoisotopic (exact) mass is 389 g/mol. The van der Waals surface area contributed by atoms with E-state index < -0.39 is 0 Å². The van der Waals surface area contributed by atoms with Gasteiger partial charge in [0.25, 0.3) is 0 Å². The topological polar surface area (TPSA) is 12.0 Å². The van der Waals surface area contributed by atoms with E-state index in [1.807, 2.05) is 0 Å². The summed E-state index contributed by atoms with van der Waals surface area (Å²) < 4.78 is 1.32. The van der Waals surface area contributed by atoms with Gasteiger partial charge in [-0.2, -0.15) is 11.8 Å². The molecule has 1 aliphatic rings. The molecule has 1 N–H and O–H groups in total. The zero-order valence-electron chi connectivity index (χ0n) is 11.7. The first-order chi connectivity index (χ1) is 9.28. The zero-order chi connectivity index (χ0) is 13.5. The van der Waals surface area contributed by atoms with Crippen molar-refractivity contribution in [2.24, 2.45) is 0 Å². The summed E-state index contributed by atoms with van der Waals surface area (Å²) in [6, 6.07) is 9.58. The highest BCUT2D eigenvalue weighted by molar-refractivity contribution is 14.1. The normalized spacial score (nSPS) is 17.8. The van der Waals surface area contributed by atoms with Gasteiger partial charge in [-0.3, -0.25) is 0 Å². The van der Waals surface area contributed by atoms with Crippen LogP contribution < -0.4 is 5.32 Å². The third-order valence-electron chi connectivity index (χ3n) is 3.72. The minimum absolute atomic E-state index is 0.621. The Labute approximate surface area is 135 Å². The van der Waals surface area contributed by atoms with Gasteiger partial charge in [-0.05, 0) is 66.1 Å². The van der Waals surface area contributed by atoms with Crippen molar-refractivity contribution in [1.29, 1.82) is 0 Å². The molecule has 0 spiro atoms. The fourth-order valence-corrected chi connectivity index (χ4v) is 4.46. The van der Waals surface area contributed by atoms with Gasteiger partial charge in [-0.25, -0.2) is 0 Å². The van der Waals surface area contributed by atoms with Crippen LogP contribution in [0.5, 0.6) is 0 Å². The number of benzene rings is 1. The molecule has 1 aromatic rings. The first-order valence-electron chi connectivity index (χ1n) is 7.37. The fraction of sp³-hybridized carbons (Fsp3) is 0.625. The number of rotatable bonds is 7. The van der Waals surface area contributed by atoms with Crippen molar-refractivity contribution in [1.82, 2.24) is 5.32 Å². The number of likely N-dealkylation sites (N-methyl/N-ethyl adjacent to an activating group) is 1. The molecule has 2 rings (SSSR count). The van der Waals surface area contributed by atoms with Crippen LogP contribution in [0.2, 0.25) is 0 Å². The van der Waals surface area contributed by atoms with Crippen LogP contribution in [-0.2, 0) is 6.42 Å². The van der Waals surface area contributed by atoms with Gasteiger partial charge in [0.05, 0.1) is 0 Å². The molecule has 0 aromatic heterocycles. The van der Waals surface area contributed by atoms with E-state index in [0.29, 0.717) is 6.04 Å². The molecule has 1 atom stereocenters. The first kappa shape index (κ1) is 15.6. The van der Waals surface area contributed by atoms with E-state index in [2.05, 4.69) is 70.9 Å². The smallest absolute Gasteiger partial charge is 0.0198 e. The minimum atomic E-state index is 0.621. The lowest BCUT2D eigenvalue weighted by Crippen LogP contribution is -2.33. The summed E-state index contributed by atoms with van der Waals surface area (Å²) in [6.07, 6.45) is 6.92. The Balaban J connectivity index is 1.82. The quantitative estimate of drug-likeness (QED) is 0.690. The Morgan fingerprint density at radius 3 is 2.58 bits per heavy atom. The lowest BCUT2D eigenvalue weighted by molar-refractivity contribution is 0.571. The third-order valence-corrected chi connectivity index (χ3v) is 5.98. The molecular weight excluding hydrogens is 365 g/mol. The third kappa shape index (κ3) is 5.64. The molecule has 106 valence electrons. The van der Waals surface area contributed by atoms with E-state index in [9.17, 15) is 0 Å². The van der Waals surface area contributed by atoms with Gasteiger partial charge in [-0.15, -0.1) is 0 Å². The summed E-state index contributed by atoms with van der Waals surface area (Å²) in [4.78, 5) is 0. The van der Waals surface area contributed by atoms with Crippen LogP contribution in [-0.4, -0.2) is 23.6 Å². The van der Waals surface area contributed by atoms with E-state index in [4.69, 9.17) is 0 Å². The summed E-state index contributed by atoms with van der Waals surface area (Å²) in [5.41, 5.74) is 1.46. The number of hydrogen-bond acceptors (Lipinski definition) is 2. The molecule has 1 aromatic carbocycles. The maximum atomic E-state index is 3.65. The van der Waals surface area contributed by atoms with Gasteiger partial charge in [0.2, 0.25) is 0 Å². The molecule has 0 heterocycles. The molecule has 3 heteroatoms. The van der Waals surface area contributed by atoms with Crippen molar-refractivity contribution in [3.05, 3.63) is 33.4 Å². The molecule has 1 fully saturated rings. The van der Waals surface area contributed by atoms with Crippen LogP contribution in [0.3, 0.4) is 0 Å². The summed E-state index contributed by atoms with van der Waals surface area (Å²) in [7, 11) is 0. The molecule has 19 heavy (non-hydrogen) atoms. The van der Waals surface area contributed by atoms with E-state index in [1.54, 1.807) is 0 Å². The van der Waals surface area contributed by atoms with E-state index in [0.717, 1.165) is 18.2 Å². The van der Waals surface area contributed by atoms with Crippen molar-refractivity contribution < 1.29 is 0 Å². The summed E-state index contributed by atoms with van der Waals surface area (Å²) in [5, 5.41) is 4.58. The number of thioether (sulfide) groups is 1. The Morgan fingerprint density at radius 2 is 1.95 bits per heavy atom. The van der Waals surface area contributed by atoms with E-state index >= 15 is 0 Å². The second kappa shape index (κ2) is 8.53. The maximum Gasteiger partial charge on any atom is 0.0198 e. The average Bonchev–Trinajstić information content (AvgIpc) is 2.92. The van der Waals surface area contributed by atoms with Crippen LogP contribution in [0.1, 0.15) is 38.2 Å². The van der Waals surface area contributed by atoms with Crippen molar-refractivity contribution >= 4 is 34.4 Å². The molecular formula is C16H24INS. The molecule has 0 aliphatic heterocycles. The number of halogens is 1. The van der Waals surface area contributed by atoms with Crippen LogP contribution >= 0.6 is 34.4 Å². The summed E-state index contributed by atoms with van der Waals surface area (Å²) >= 11 is 4.56. The van der Waals surface area contributed by atoms with Crippen LogP contribution in [0.25, 0.3) is 0 Å². The predicted molar refractivity (Wildman–Crippen MR) is 95.0 cm³/mol. The van der Waals surface area contributed by atoms with Gasteiger partial charge in [0.1, 0.15) is 0 Å². The van der Waals surface area contributed by atoms with Gasteiger partial charge >= 0.3 is 0 Å². The molecule has 1 aliphatic carbocycles. The van der Waals surface area contributed by atoms with E-state index in [1.165, 1.54) is 40.6 Å². The largest absolute Gasteiger partial charge is 0.313 e. The Hall–Kier alpha value is 0.260. The lowest BCUT2D eigenvalue weighted by Gasteiger charge is -2.19. The fourth-order valence-electron chi connectivity index (χ4n) is 2.69. The van der Waals surface area contributed by atoms with Crippen molar-refractivity contribution in [2.45, 2.75) is 50.3 Å². The van der Waals surface area contributed by atoms with Gasteiger partial charge in [0, 0.05) is 20.6 Å². The second-order valence-electron chi connectivity index (χ2n) is 5.32. The van der Waals surface area contributed by atoms with Crippen molar-refractivity contribution in [3.8, 4) is 0 Å². The number of hydrogen-bond donors (Lipinski definition) is 1. The van der Waals surface area contributed by atoms with Gasteiger partial charge < -0.3 is 5.32 Å². The van der Waals surface area contributed by atoms with E-state index in [-0.39, 0.29) is 0 Å². The Bertz CT molecular complexity index is 360. The molecule has 0 bridgehead atoms. The van der Waals surface area contributed by atoms with Crippen LogP contribution in [0.15, 0.2) is 24.3 Å². The maximum absolute atomic E-state index is 3.65. The zero-order valence-corrected chi connectivity index (χ0v) is 14.7. The highest BCUT2D eigenvalue weighted by atomic mass is 127. The average molecular weight is 389 g/mol. The lowest BCUT2D eigenvalue weighted by atomic mass is 10.1. The van der Waals surface area contributed by atoms with Crippen LogP contribution in [0.4, 0.5) is 0 Å². The second-order valence-corrected chi connectivity index (χ2v) is 7.90. The molecule has 1 unspecified atom stereocenters. The molecule has 0 radical (unpaired) electrons. The van der Waals surface area contributed by atoms with Crippen molar-refractivity contribution in [3.63, 3.8) is 0 Å². The molecule has 0 saturated heterocycles. The highest BCUT2D eigenvalue weighted by Crippen LogP contribution is 2.30. The highest BCUT2D eigenvalue weighted by Gasteiger charge is 2.17. The minimum Gasteiger partial charge on any atom is -0.313 e. The molecule has 1 saturated carbocycles. The van der Waals surface area contributed by atoms with Crippen molar-refractivity contribution in [2.75, 3.05) is 12.3 Å². The molecule has 0 amide bonds. The standard InChI is InChI=1S/C16H24INS/c1-2-18-15(12-19-16-5-3-4-6-16)11-13-7-9-14(17)10-8-13/h7-10,15-16,18H,2-6,11-12H2,1H3. The summed E-state index contributed by atoms with van der Waals surface area (Å²) in [6.45, 7) is 3.28. The predicted octanol–water partition coefficient (Wildman–Crippen LogP) is 4.49. The van der Waals surface area contributed by atoms with Crippen LogP contribution in [0, 0.1) is 3.57 Å². The molecule has 1 nitrogen and oxygen atoms in total. The van der Waals surface area contributed by atoms with Gasteiger partial charge in [0.15, 0.2) is 0 Å². The number of nitrogens with one attached hydrogen (secondary N) is 1. The Kier molecular flexibility index (Phi) is 7.02. The summed E-state index contributed by atoms with van der Waals surface area (Å²) in [5.74, 6) is 1.25. The first-order valence-corrected chi connectivity index (χ1v) is 9.50.